The SMILES string of the molecule is CCC([S])c1cccs1. The highest BCUT2D eigenvalue weighted by Gasteiger charge is 2.03. The highest BCUT2D eigenvalue weighted by molar-refractivity contribution is 7.80. The first-order valence-corrected chi connectivity index (χ1v) is 4.39. The second-order valence-electron chi connectivity index (χ2n) is 1.91. The topological polar surface area (TPSA) is 0 Å². The van der Waals surface area contributed by atoms with Crippen LogP contribution < -0.4 is 0 Å². The van der Waals surface area contributed by atoms with Gasteiger partial charge in [0.25, 0.3) is 0 Å². The van der Waals surface area contributed by atoms with Crippen LogP contribution in [0.4, 0.5) is 0 Å². The van der Waals surface area contributed by atoms with Crippen LogP contribution in [0.2, 0.25) is 0 Å². The first-order valence-electron chi connectivity index (χ1n) is 3.03. The van der Waals surface area contributed by atoms with Gasteiger partial charge in [0, 0.05) is 10.1 Å². The molecule has 0 aliphatic heterocycles. The van der Waals surface area contributed by atoms with E-state index in [9.17, 15) is 0 Å². The standard InChI is InChI=1S/C7H9S2/c1-2-6(8)7-4-3-5-9-7/h3-6H,2H2,1H3. The Balaban J connectivity index is 2.65. The Kier molecular flexibility index (Phi) is 2.61. The molecular formula is C7H9S2. The first kappa shape index (κ1) is 7.16. The molecule has 1 atom stereocenters. The molecule has 0 aliphatic rings. The summed E-state index contributed by atoms with van der Waals surface area (Å²) in [5.74, 6) is 0. The predicted octanol–water partition coefficient (Wildman–Crippen LogP) is 3.40. The zero-order valence-corrected chi connectivity index (χ0v) is 6.97. The van der Waals surface area contributed by atoms with Gasteiger partial charge in [0.1, 0.15) is 0 Å². The van der Waals surface area contributed by atoms with Crippen LogP contribution in [0.15, 0.2) is 17.5 Å². The van der Waals surface area contributed by atoms with Crippen molar-refractivity contribution in [3.8, 4) is 0 Å². The van der Waals surface area contributed by atoms with E-state index >= 15 is 0 Å². The largest absolute Gasteiger partial charge is 0.148 e. The lowest BCUT2D eigenvalue weighted by Gasteiger charge is -1.99. The monoisotopic (exact) mass is 157 g/mol. The molecule has 0 N–H and O–H groups in total. The van der Waals surface area contributed by atoms with Crippen molar-refractivity contribution in [3.05, 3.63) is 22.4 Å². The van der Waals surface area contributed by atoms with Gasteiger partial charge in [0.2, 0.25) is 0 Å². The molecule has 1 rings (SSSR count). The Hall–Kier alpha value is 0.0500. The average molecular weight is 157 g/mol. The highest BCUT2D eigenvalue weighted by Crippen LogP contribution is 2.26. The smallest absolute Gasteiger partial charge is 0.0492 e. The van der Waals surface area contributed by atoms with Crippen molar-refractivity contribution >= 4 is 24.0 Å². The van der Waals surface area contributed by atoms with E-state index in [1.807, 2.05) is 0 Å². The van der Waals surface area contributed by atoms with E-state index in [1.165, 1.54) is 4.88 Å². The van der Waals surface area contributed by atoms with Crippen LogP contribution in [0, 0.1) is 0 Å². The van der Waals surface area contributed by atoms with Gasteiger partial charge in [0.05, 0.1) is 0 Å². The molecule has 0 saturated heterocycles. The van der Waals surface area contributed by atoms with Crippen LogP contribution in [0.5, 0.6) is 0 Å². The lowest BCUT2D eigenvalue weighted by molar-refractivity contribution is 0.920. The van der Waals surface area contributed by atoms with E-state index in [4.69, 9.17) is 12.6 Å². The fourth-order valence-electron chi connectivity index (χ4n) is 0.676. The zero-order valence-electron chi connectivity index (χ0n) is 5.33. The quantitative estimate of drug-likeness (QED) is 0.617. The summed E-state index contributed by atoms with van der Waals surface area (Å²) in [4.78, 5) is 1.33. The van der Waals surface area contributed by atoms with Gasteiger partial charge in [-0.3, -0.25) is 0 Å². The number of hydrogen-bond acceptors (Lipinski definition) is 1. The molecule has 1 radical (unpaired) electrons. The van der Waals surface area contributed by atoms with Crippen molar-refractivity contribution in [2.75, 3.05) is 0 Å². The van der Waals surface area contributed by atoms with Gasteiger partial charge in [-0.25, -0.2) is 0 Å². The van der Waals surface area contributed by atoms with Crippen LogP contribution in [0.25, 0.3) is 0 Å². The summed E-state index contributed by atoms with van der Waals surface area (Å²) in [5, 5.41) is 2.41. The summed E-state index contributed by atoms with van der Waals surface area (Å²) in [6.07, 6.45) is 1.07. The van der Waals surface area contributed by atoms with Crippen LogP contribution >= 0.6 is 24.0 Å². The molecule has 1 unspecified atom stereocenters. The van der Waals surface area contributed by atoms with Crippen LogP contribution in [-0.4, -0.2) is 0 Å². The van der Waals surface area contributed by atoms with Gasteiger partial charge in [-0.15, -0.1) is 11.3 Å². The summed E-state index contributed by atoms with van der Waals surface area (Å²) in [6, 6.07) is 4.15. The molecule has 0 saturated carbocycles. The predicted molar refractivity (Wildman–Crippen MR) is 44.9 cm³/mol. The number of thiophene rings is 1. The minimum Gasteiger partial charge on any atom is -0.148 e. The lowest BCUT2D eigenvalue weighted by Crippen LogP contribution is -1.80. The van der Waals surface area contributed by atoms with Gasteiger partial charge in [-0.2, -0.15) is 0 Å². The van der Waals surface area contributed by atoms with Gasteiger partial charge in [0.15, 0.2) is 0 Å². The Labute approximate surface area is 65.3 Å². The normalized spacial score (nSPS) is 13.6. The molecular weight excluding hydrogens is 148 g/mol. The molecule has 0 bridgehead atoms. The molecule has 0 aliphatic carbocycles. The van der Waals surface area contributed by atoms with Crippen molar-refractivity contribution in [2.45, 2.75) is 18.6 Å². The van der Waals surface area contributed by atoms with Crippen molar-refractivity contribution in [1.29, 1.82) is 0 Å². The van der Waals surface area contributed by atoms with Crippen molar-refractivity contribution in [3.63, 3.8) is 0 Å². The molecule has 1 aromatic rings. The van der Waals surface area contributed by atoms with Gasteiger partial charge in [-0.05, 0) is 17.9 Å². The van der Waals surface area contributed by atoms with Crippen molar-refractivity contribution in [1.82, 2.24) is 0 Å². The van der Waals surface area contributed by atoms with E-state index in [2.05, 4.69) is 24.4 Å². The third-order valence-corrected chi connectivity index (χ3v) is 2.95. The molecule has 0 fully saturated rings. The molecule has 0 nitrogen and oxygen atoms in total. The number of rotatable bonds is 2. The van der Waals surface area contributed by atoms with E-state index < -0.39 is 0 Å². The lowest BCUT2D eigenvalue weighted by atomic mass is 10.3. The summed E-state index contributed by atoms with van der Waals surface area (Å²) in [5.41, 5.74) is 0. The van der Waals surface area contributed by atoms with E-state index in [0.29, 0.717) is 5.25 Å². The first-order chi connectivity index (χ1) is 4.34. The maximum atomic E-state index is 5.17. The average Bonchev–Trinajstić information content (AvgIpc) is 2.37. The van der Waals surface area contributed by atoms with Crippen LogP contribution in [0.1, 0.15) is 23.5 Å². The second-order valence-corrected chi connectivity index (χ2v) is 3.46. The van der Waals surface area contributed by atoms with Crippen LogP contribution in [-0.2, 0) is 0 Å². The Bertz CT molecular complexity index is 155. The molecule has 9 heavy (non-hydrogen) atoms. The maximum absolute atomic E-state index is 5.17. The van der Waals surface area contributed by atoms with E-state index in [0.717, 1.165) is 6.42 Å². The highest BCUT2D eigenvalue weighted by atomic mass is 32.1. The van der Waals surface area contributed by atoms with E-state index in [-0.39, 0.29) is 0 Å². The summed E-state index contributed by atoms with van der Waals surface area (Å²) >= 11 is 6.92. The zero-order chi connectivity index (χ0) is 6.69. The summed E-state index contributed by atoms with van der Waals surface area (Å²) in [6.45, 7) is 2.12. The van der Waals surface area contributed by atoms with Gasteiger partial charge in [-0.1, -0.05) is 25.6 Å². The van der Waals surface area contributed by atoms with Crippen molar-refractivity contribution in [2.24, 2.45) is 0 Å². The molecule has 0 aromatic carbocycles. The Morgan fingerprint density at radius 2 is 2.56 bits per heavy atom. The third-order valence-electron chi connectivity index (χ3n) is 1.23. The van der Waals surface area contributed by atoms with Gasteiger partial charge >= 0.3 is 0 Å². The van der Waals surface area contributed by atoms with Crippen LogP contribution in [0.3, 0.4) is 0 Å². The minimum atomic E-state index is 0.338. The molecule has 2 heteroatoms. The Morgan fingerprint density at radius 3 is 3.00 bits per heavy atom. The minimum absolute atomic E-state index is 0.338. The van der Waals surface area contributed by atoms with E-state index in [1.54, 1.807) is 11.3 Å². The van der Waals surface area contributed by atoms with Crippen molar-refractivity contribution < 1.29 is 0 Å². The fraction of sp³-hybridized carbons (Fsp3) is 0.429. The molecule has 1 heterocycles. The second kappa shape index (κ2) is 3.28. The maximum Gasteiger partial charge on any atom is 0.0492 e. The van der Waals surface area contributed by atoms with Gasteiger partial charge < -0.3 is 0 Å². The molecule has 0 spiro atoms. The summed E-state index contributed by atoms with van der Waals surface area (Å²) < 4.78 is 0. The number of hydrogen-bond donors (Lipinski definition) is 0. The molecule has 49 valence electrons. The fourth-order valence-corrected chi connectivity index (χ4v) is 1.71. The molecule has 1 aromatic heterocycles. The molecule has 0 amide bonds. The summed E-state index contributed by atoms with van der Waals surface area (Å²) in [7, 11) is 0. The Morgan fingerprint density at radius 1 is 1.78 bits per heavy atom. The third kappa shape index (κ3) is 1.73.